The maximum atomic E-state index is 13.2. The van der Waals surface area contributed by atoms with E-state index in [2.05, 4.69) is 28.9 Å². The minimum Gasteiger partial charge on any atom is -0.497 e. The van der Waals surface area contributed by atoms with E-state index in [1.807, 2.05) is 66.7 Å². The maximum Gasteiger partial charge on any atom is 0.249 e. The molecule has 2 heterocycles. The van der Waals surface area contributed by atoms with Crippen LogP contribution in [0.4, 0.5) is 0 Å². The zero-order valence-electron chi connectivity index (χ0n) is 27.5. The predicted octanol–water partition coefficient (Wildman–Crippen LogP) is 4.29. The van der Waals surface area contributed by atoms with Gasteiger partial charge in [-0.05, 0) is 73.4 Å². The number of hydrogen-bond acceptors (Lipinski definition) is 7. The molecule has 2 aliphatic heterocycles. The zero-order chi connectivity index (χ0) is 33.4. The van der Waals surface area contributed by atoms with Crippen molar-refractivity contribution in [3.63, 3.8) is 0 Å². The summed E-state index contributed by atoms with van der Waals surface area (Å²) >= 11 is 0. The molecule has 47 heavy (non-hydrogen) atoms. The Morgan fingerprint density at radius 1 is 1.06 bits per heavy atom. The van der Waals surface area contributed by atoms with Crippen molar-refractivity contribution < 1.29 is 33.1 Å². The topological polar surface area (TPSA) is 126 Å². The Morgan fingerprint density at radius 2 is 1.79 bits per heavy atom. The monoisotopic (exact) mass is 665 g/mol. The minimum absolute atomic E-state index is 0.0763. The van der Waals surface area contributed by atoms with Crippen LogP contribution in [0.15, 0.2) is 71.7 Å². The number of ether oxygens (including phenoxy) is 3. The molecular formula is C36H47N3O7S. The highest BCUT2D eigenvalue weighted by Gasteiger charge is 2.43. The molecule has 254 valence electrons. The minimum atomic E-state index is -1.25. The summed E-state index contributed by atoms with van der Waals surface area (Å²) in [6.07, 6.45) is 7.63. The molecule has 4 atom stereocenters. The summed E-state index contributed by atoms with van der Waals surface area (Å²) < 4.78 is 32.3. The molecule has 0 aromatic heterocycles. The molecule has 0 saturated carbocycles. The van der Waals surface area contributed by atoms with E-state index in [1.54, 1.807) is 7.11 Å². The number of aliphatic hydroxyl groups excluding tert-OH is 1. The SMILES string of the molecule is COc1ccc(C2OCC(C)(C)C(C(=O)NCCC(O)C(=O)NCC3CCN(S(=O)c4ccc(C5=CCCC=C5)cc4)CC3)O2)cc1. The summed E-state index contributed by atoms with van der Waals surface area (Å²) in [5.74, 6) is 0.167. The number of amides is 2. The lowest BCUT2D eigenvalue weighted by atomic mass is 9.85. The first-order valence-corrected chi connectivity index (χ1v) is 17.5. The molecule has 4 unspecified atom stereocenters. The van der Waals surface area contributed by atoms with Gasteiger partial charge in [-0.25, -0.2) is 8.51 Å². The number of benzene rings is 2. The Kier molecular flexibility index (Phi) is 12.0. The summed E-state index contributed by atoms with van der Waals surface area (Å²) in [5, 5.41) is 16.1. The van der Waals surface area contributed by atoms with Gasteiger partial charge in [0.1, 0.15) is 28.9 Å². The normalized spacial score (nSPS) is 22.9. The van der Waals surface area contributed by atoms with Crippen LogP contribution in [0, 0.1) is 11.3 Å². The maximum absolute atomic E-state index is 13.2. The Hall–Kier alpha value is -3.35. The van der Waals surface area contributed by atoms with Gasteiger partial charge < -0.3 is 30.0 Å². The van der Waals surface area contributed by atoms with Crippen molar-refractivity contribution in [1.29, 1.82) is 0 Å². The van der Waals surface area contributed by atoms with Crippen molar-refractivity contribution in [2.24, 2.45) is 11.3 Å². The first kappa shape index (κ1) is 35.0. The number of nitrogens with zero attached hydrogens (tertiary/aromatic N) is 1. The van der Waals surface area contributed by atoms with Crippen molar-refractivity contribution in [2.75, 3.05) is 39.9 Å². The van der Waals surface area contributed by atoms with Crippen LogP contribution in [0.25, 0.3) is 5.57 Å². The van der Waals surface area contributed by atoms with E-state index in [0.29, 0.717) is 32.0 Å². The van der Waals surface area contributed by atoms with Crippen molar-refractivity contribution in [2.45, 2.75) is 69.3 Å². The smallest absolute Gasteiger partial charge is 0.249 e. The van der Waals surface area contributed by atoms with Crippen LogP contribution in [-0.4, -0.2) is 77.5 Å². The third kappa shape index (κ3) is 9.17. The molecule has 2 amide bonds. The summed E-state index contributed by atoms with van der Waals surface area (Å²) in [4.78, 5) is 26.5. The van der Waals surface area contributed by atoms with Gasteiger partial charge in [-0.1, -0.05) is 56.3 Å². The summed E-state index contributed by atoms with van der Waals surface area (Å²) in [7, 11) is 0.361. The second-order valence-electron chi connectivity index (χ2n) is 13.0. The van der Waals surface area contributed by atoms with Crippen molar-refractivity contribution in [3.8, 4) is 5.75 Å². The fraction of sp³-hybridized carbons (Fsp3) is 0.500. The fourth-order valence-electron chi connectivity index (χ4n) is 6.00. The first-order valence-electron chi connectivity index (χ1n) is 16.4. The molecule has 2 fully saturated rings. The van der Waals surface area contributed by atoms with E-state index in [0.717, 1.165) is 41.7 Å². The van der Waals surface area contributed by atoms with Gasteiger partial charge in [0.15, 0.2) is 6.29 Å². The van der Waals surface area contributed by atoms with Crippen LogP contribution in [-0.2, 0) is 30.0 Å². The van der Waals surface area contributed by atoms with Gasteiger partial charge in [-0.15, -0.1) is 0 Å². The van der Waals surface area contributed by atoms with Crippen LogP contribution in [0.3, 0.4) is 0 Å². The van der Waals surface area contributed by atoms with Gasteiger partial charge in [-0.3, -0.25) is 9.59 Å². The molecule has 3 N–H and O–H groups in total. The number of hydrogen-bond donors (Lipinski definition) is 3. The Bertz CT molecular complexity index is 1450. The zero-order valence-corrected chi connectivity index (χ0v) is 28.3. The summed E-state index contributed by atoms with van der Waals surface area (Å²) in [5.41, 5.74) is 2.55. The highest BCUT2D eigenvalue weighted by molar-refractivity contribution is 7.82. The number of carbonyl (C=O) groups is 2. The van der Waals surface area contributed by atoms with E-state index in [9.17, 15) is 18.9 Å². The van der Waals surface area contributed by atoms with Crippen LogP contribution in [0.2, 0.25) is 0 Å². The van der Waals surface area contributed by atoms with Crippen LogP contribution in [0.1, 0.15) is 63.4 Å². The molecule has 10 nitrogen and oxygen atoms in total. The van der Waals surface area contributed by atoms with E-state index in [-0.39, 0.29) is 24.8 Å². The van der Waals surface area contributed by atoms with Crippen LogP contribution >= 0.6 is 0 Å². The average Bonchev–Trinajstić information content (AvgIpc) is 3.10. The largest absolute Gasteiger partial charge is 0.497 e. The Morgan fingerprint density at radius 3 is 2.45 bits per heavy atom. The second kappa shape index (κ2) is 16.2. The quantitative estimate of drug-likeness (QED) is 0.309. The van der Waals surface area contributed by atoms with E-state index in [1.165, 1.54) is 5.57 Å². The Labute approximate surface area is 280 Å². The third-order valence-corrected chi connectivity index (χ3v) is 10.5. The molecular weight excluding hydrogens is 618 g/mol. The molecule has 2 aromatic rings. The molecule has 2 aromatic carbocycles. The van der Waals surface area contributed by atoms with Gasteiger partial charge in [-0.2, -0.15) is 0 Å². The molecule has 0 bridgehead atoms. The molecule has 5 rings (SSSR count). The number of rotatable bonds is 12. The van der Waals surface area contributed by atoms with Crippen LogP contribution < -0.4 is 15.4 Å². The standard InChI is InChI=1S/C36H47N3O7S/c1-36(2)24-45-35(28-9-13-29(44-3)14-10-28)46-32(36)34(42)37-20-17-31(40)33(41)38-23-25-18-21-39(22-19-25)47(43)30-15-11-27(12-16-30)26-7-5-4-6-8-26/h5,7-16,25,31-32,35,40H,4,6,17-24H2,1-3H3,(H,37,42)(H,38,41). The van der Waals surface area contributed by atoms with E-state index < -0.39 is 40.8 Å². The fourth-order valence-corrected chi connectivity index (χ4v) is 7.21. The summed E-state index contributed by atoms with van der Waals surface area (Å²) in [6.45, 7) is 6.02. The highest BCUT2D eigenvalue weighted by Crippen LogP contribution is 2.37. The van der Waals surface area contributed by atoms with Gasteiger partial charge >= 0.3 is 0 Å². The molecule has 3 aliphatic rings. The van der Waals surface area contributed by atoms with Gasteiger partial charge in [0.25, 0.3) is 0 Å². The number of nitrogens with one attached hydrogen (secondary N) is 2. The molecule has 1 aliphatic carbocycles. The second-order valence-corrected chi connectivity index (χ2v) is 14.5. The third-order valence-electron chi connectivity index (χ3n) is 8.98. The van der Waals surface area contributed by atoms with Gasteiger partial charge in [0, 0.05) is 37.2 Å². The number of aliphatic hydroxyl groups is 1. The van der Waals surface area contributed by atoms with Gasteiger partial charge in [0.05, 0.1) is 18.6 Å². The lowest BCUT2D eigenvalue weighted by Gasteiger charge is -2.41. The van der Waals surface area contributed by atoms with Crippen LogP contribution in [0.5, 0.6) is 5.75 Å². The van der Waals surface area contributed by atoms with Crippen molar-refractivity contribution in [1.82, 2.24) is 14.9 Å². The number of piperidine rings is 1. The predicted molar refractivity (Wildman–Crippen MR) is 180 cm³/mol. The van der Waals surface area contributed by atoms with Crippen molar-refractivity contribution >= 4 is 28.4 Å². The molecule has 11 heteroatoms. The number of methoxy groups -OCH3 is 1. The average molecular weight is 666 g/mol. The van der Waals surface area contributed by atoms with Crippen molar-refractivity contribution in [3.05, 3.63) is 77.9 Å². The number of allylic oxidation sites excluding steroid dienone is 4. The highest BCUT2D eigenvalue weighted by atomic mass is 32.2. The molecule has 0 spiro atoms. The lowest BCUT2D eigenvalue weighted by molar-refractivity contribution is -0.258. The Balaban J connectivity index is 1.00. The number of carbonyl (C=O) groups excluding carboxylic acids is 2. The van der Waals surface area contributed by atoms with E-state index >= 15 is 0 Å². The summed E-state index contributed by atoms with van der Waals surface area (Å²) in [6, 6.07) is 15.3. The molecule has 2 saturated heterocycles. The van der Waals surface area contributed by atoms with E-state index in [4.69, 9.17) is 14.2 Å². The first-order chi connectivity index (χ1) is 22.6. The molecule has 0 radical (unpaired) electrons. The lowest BCUT2D eigenvalue weighted by Crippen LogP contribution is -2.52. The van der Waals surface area contributed by atoms with Gasteiger partial charge in [0.2, 0.25) is 11.8 Å².